The molecule has 2 amide bonds. The summed E-state index contributed by atoms with van der Waals surface area (Å²) in [6.45, 7) is 0.356. The van der Waals surface area contributed by atoms with Crippen LogP contribution in [0.5, 0.6) is 0 Å². The number of fused-ring (bicyclic) bond motifs is 2. The lowest BCUT2D eigenvalue weighted by atomic mass is 10.1. The first-order valence-corrected chi connectivity index (χ1v) is 9.77. The van der Waals surface area contributed by atoms with E-state index in [1.807, 2.05) is 11.4 Å². The van der Waals surface area contributed by atoms with E-state index in [2.05, 4.69) is 24.3 Å². The summed E-state index contributed by atoms with van der Waals surface area (Å²) in [4.78, 5) is 31.0. The van der Waals surface area contributed by atoms with Gasteiger partial charge in [0.2, 0.25) is 0 Å². The number of hydrogen-bond acceptors (Lipinski definition) is 4. The van der Waals surface area contributed by atoms with Crippen LogP contribution in [0.15, 0.2) is 53.9 Å². The van der Waals surface area contributed by atoms with Gasteiger partial charge in [0.1, 0.15) is 5.01 Å². The molecule has 0 N–H and O–H groups in total. The normalized spacial score (nSPS) is 15.1. The molecule has 2 heterocycles. The molecule has 5 heteroatoms. The molecule has 0 unspecified atom stereocenters. The van der Waals surface area contributed by atoms with Crippen molar-refractivity contribution >= 4 is 34.8 Å². The Morgan fingerprint density at radius 1 is 0.963 bits per heavy atom. The van der Waals surface area contributed by atoms with Gasteiger partial charge in [0.15, 0.2) is 0 Å². The van der Waals surface area contributed by atoms with Gasteiger partial charge in [0.25, 0.3) is 11.8 Å². The summed E-state index contributed by atoms with van der Waals surface area (Å²) in [5.41, 5.74) is 5.73. The van der Waals surface area contributed by atoms with Crippen molar-refractivity contribution in [1.29, 1.82) is 0 Å². The van der Waals surface area contributed by atoms with Crippen LogP contribution in [0.3, 0.4) is 0 Å². The van der Waals surface area contributed by atoms with E-state index in [0.717, 1.165) is 17.1 Å². The minimum atomic E-state index is -0.208. The molecule has 3 aromatic rings. The van der Waals surface area contributed by atoms with E-state index >= 15 is 0 Å². The third kappa shape index (κ3) is 2.71. The highest BCUT2D eigenvalue weighted by atomic mass is 32.1. The molecule has 0 radical (unpaired) electrons. The summed E-state index contributed by atoms with van der Waals surface area (Å²) in [7, 11) is 0. The van der Waals surface area contributed by atoms with Gasteiger partial charge in [-0.3, -0.25) is 14.5 Å². The highest BCUT2D eigenvalue weighted by molar-refractivity contribution is 7.10. The van der Waals surface area contributed by atoms with Crippen molar-refractivity contribution in [1.82, 2.24) is 9.88 Å². The van der Waals surface area contributed by atoms with Gasteiger partial charge < -0.3 is 0 Å². The first kappa shape index (κ1) is 16.1. The van der Waals surface area contributed by atoms with Crippen LogP contribution < -0.4 is 0 Å². The number of amides is 2. The second-order valence-electron chi connectivity index (χ2n) is 6.75. The molecular weight excluding hydrogens is 356 g/mol. The van der Waals surface area contributed by atoms with E-state index < -0.39 is 0 Å². The number of rotatable bonds is 4. The largest absolute Gasteiger partial charge is 0.274 e. The van der Waals surface area contributed by atoms with Crippen LogP contribution in [0.25, 0.3) is 11.6 Å². The standard InChI is InChI=1S/C22H16N2O2S/c25-21-18-7-3-4-8-19(18)22(26)24(21)10-9-17-13-27-20(23-17)16-11-14-5-1-2-6-15(14)12-16/h1-8,11,13H,9-10,12H2. The predicted molar refractivity (Wildman–Crippen MR) is 106 cm³/mol. The maximum atomic E-state index is 12.4. The smallest absolute Gasteiger partial charge is 0.261 e. The minimum Gasteiger partial charge on any atom is -0.274 e. The Morgan fingerprint density at radius 2 is 1.67 bits per heavy atom. The molecule has 0 atom stereocenters. The zero-order valence-electron chi connectivity index (χ0n) is 14.5. The average molecular weight is 372 g/mol. The molecule has 132 valence electrons. The van der Waals surface area contributed by atoms with E-state index in [4.69, 9.17) is 4.98 Å². The van der Waals surface area contributed by atoms with Gasteiger partial charge in [-0.2, -0.15) is 0 Å². The van der Waals surface area contributed by atoms with Crippen molar-refractivity contribution < 1.29 is 9.59 Å². The van der Waals surface area contributed by atoms with Crippen molar-refractivity contribution in [2.24, 2.45) is 0 Å². The first-order valence-electron chi connectivity index (χ1n) is 8.89. The highest BCUT2D eigenvalue weighted by Gasteiger charge is 2.34. The molecule has 0 spiro atoms. The van der Waals surface area contributed by atoms with Crippen molar-refractivity contribution in [3.8, 4) is 0 Å². The van der Waals surface area contributed by atoms with E-state index in [0.29, 0.717) is 24.1 Å². The number of aromatic nitrogens is 1. The maximum absolute atomic E-state index is 12.4. The molecule has 1 aliphatic carbocycles. The molecule has 0 saturated carbocycles. The lowest BCUT2D eigenvalue weighted by Crippen LogP contribution is -2.31. The van der Waals surface area contributed by atoms with Gasteiger partial charge in [-0.1, -0.05) is 36.4 Å². The molecular formula is C22H16N2O2S. The highest BCUT2D eigenvalue weighted by Crippen LogP contribution is 2.33. The third-order valence-electron chi connectivity index (χ3n) is 5.06. The van der Waals surface area contributed by atoms with Crippen LogP contribution in [0, 0.1) is 0 Å². The van der Waals surface area contributed by atoms with Crippen LogP contribution in [-0.2, 0) is 12.8 Å². The Bertz CT molecular complexity index is 1080. The summed E-state index contributed by atoms with van der Waals surface area (Å²) in [6.07, 6.45) is 3.67. The Hall–Kier alpha value is -3.05. The number of hydrogen-bond donors (Lipinski definition) is 0. The number of imide groups is 1. The number of benzene rings is 2. The second kappa shape index (κ2) is 6.28. The summed E-state index contributed by atoms with van der Waals surface area (Å²) >= 11 is 1.62. The van der Waals surface area contributed by atoms with Gasteiger partial charge in [0, 0.05) is 24.8 Å². The van der Waals surface area contributed by atoms with E-state index in [1.165, 1.54) is 21.6 Å². The van der Waals surface area contributed by atoms with Crippen LogP contribution >= 0.6 is 11.3 Å². The van der Waals surface area contributed by atoms with E-state index in [-0.39, 0.29) is 11.8 Å². The summed E-state index contributed by atoms with van der Waals surface area (Å²) in [5.74, 6) is -0.417. The predicted octanol–water partition coefficient (Wildman–Crippen LogP) is 4.08. The summed E-state index contributed by atoms with van der Waals surface area (Å²) in [6, 6.07) is 15.4. The fourth-order valence-electron chi connectivity index (χ4n) is 3.66. The molecule has 0 fully saturated rings. The van der Waals surface area contributed by atoms with Gasteiger partial charge in [0.05, 0.1) is 16.8 Å². The van der Waals surface area contributed by atoms with Crippen LogP contribution in [0.4, 0.5) is 0 Å². The summed E-state index contributed by atoms with van der Waals surface area (Å²) < 4.78 is 0. The van der Waals surface area contributed by atoms with Crippen molar-refractivity contribution in [2.75, 3.05) is 6.54 Å². The zero-order chi connectivity index (χ0) is 18.4. The Kier molecular flexibility index (Phi) is 3.76. The second-order valence-corrected chi connectivity index (χ2v) is 7.60. The van der Waals surface area contributed by atoms with Crippen LogP contribution in [0.2, 0.25) is 0 Å². The van der Waals surface area contributed by atoms with E-state index in [1.54, 1.807) is 35.6 Å². The lowest BCUT2D eigenvalue weighted by molar-refractivity contribution is 0.0656. The molecule has 4 nitrogen and oxygen atoms in total. The number of carbonyl (C=O) groups is 2. The monoisotopic (exact) mass is 372 g/mol. The van der Waals surface area contributed by atoms with E-state index in [9.17, 15) is 9.59 Å². The van der Waals surface area contributed by atoms with Crippen LogP contribution in [-0.4, -0.2) is 28.2 Å². The number of nitrogens with zero attached hydrogens (tertiary/aromatic N) is 2. The molecule has 0 bridgehead atoms. The first-order chi connectivity index (χ1) is 13.2. The van der Waals surface area contributed by atoms with Crippen LogP contribution in [0.1, 0.15) is 42.5 Å². The topological polar surface area (TPSA) is 50.3 Å². The molecule has 27 heavy (non-hydrogen) atoms. The summed E-state index contributed by atoms with van der Waals surface area (Å²) in [5, 5.41) is 3.04. The number of allylic oxidation sites excluding steroid dienone is 1. The number of carbonyl (C=O) groups excluding carboxylic acids is 2. The Balaban J connectivity index is 1.29. The van der Waals surface area contributed by atoms with Gasteiger partial charge in [-0.05, 0) is 34.9 Å². The minimum absolute atomic E-state index is 0.208. The average Bonchev–Trinajstić information content (AvgIpc) is 3.39. The molecule has 2 aromatic carbocycles. The van der Waals surface area contributed by atoms with Crippen molar-refractivity contribution in [2.45, 2.75) is 12.8 Å². The Labute approximate surface area is 160 Å². The molecule has 0 saturated heterocycles. The van der Waals surface area contributed by atoms with Crippen molar-refractivity contribution in [3.05, 3.63) is 86.9 Å². The van der Waals surface area contributed by atoms with Gasteiger partial charge in [-0.15, -0.1) is 11.3 Å². The zero-order valence-corrected chi connectivity index (χ0v) is 15.3. The van der Waals surface area contributed by atoms with Gasteiger partial charge in [-0.25, -0.2) is 4.98 Å². The molecule has 1 aromatic heterocycles. The fraction of sp³-hybridized carbons (Fsp3) is 0.136. The molecule has 5 rings (SSSR count). The molecule has 2 aliphatic rings. The fourth-order valence-corrected chi connectivity index (χ4v) is 4.53. The van der Waals surface area contributed by atoms with Gasteiger partial charge >= 0.3 is 0 Å². The quantitative estimate of drug-likeness (QED) is 0.649. The lowest BCUT2D eigenvalue weighted by Gasteiger charge is -2.12. The maximum Gasteiger partial charge on any atom is 0.261 e. The molecule has 1 aliphatic heterocycles. The third-order valence-corrected chi connectivity index (χ3v) is 6.03. The number of thiazole rings is 1. The Morgan fingerprint density at radius 3 is 2.41 bits per heavy atom. The van der Waals surface area contributed by atoms with Crippen molar-refractivity contribution in [3.63, 3.8) is 0 Å². The SMILES string of the molecule is O=C1c2ccccc2C(=O)N1CCc1csc(C2=Cc3ccccc3C2)n1.